The second-order valence-corrected chi connectivity index (χ2v) is 6.54. The van der Waals surface area contributed by atoms with E-state index >= 15 is 0 Å². The van der Waals surface area contributed by atoms with Crippen molar-refractivity contribution in [3.05, 3.63) is 71.8 Å². The predicted molar refractivity (Wildman–Crippen MR) is 99.3 cm³/mol. The number of benzene rings is 2. The van der Waals surface area contributed by atoms with E-state index in [-0.39, 0.29) is 18.2 Å². The van der Waals surface area contributed by atoms with Crippen LogP contribution in [0.3, 0.4) is 0 Å². The SMILES string of the molecule is COC(=O)C(NC(=O)C1CC(=O)N(Cc2ccccc2)C1)c1ccccc1. The van der Waals surface area contributed by atoms with Gasteiger partial charge in [0.25, 0.3) is 0 Å². The largest absolute Gasteiger partial charge is 0.467 e. The number of likely N-dealkylation sites (tertiary alicyclic amines) is 1. The molecule has 27 heavy (non-hydrogen) atoms. The summed E-state index contributed by atoms with van der Waals surface area (Å²) in [6.07, 6.45) is 0.140. The monoisotopic (exact) mass is 366 g/mol. The van der Waals surface area contributed by atoms with Gasteiger partial charge in [-0.1, -0.05) is 60.7 Å². The summed E-state index contributed by atoms with van der Waals surface area (Å²) in [5.74, 6) is -1.41. The van der Waals surface area contributed by atoms with Crippen LogP contribution in [0.5, 0.6) is 0 Å². The van der Waals surface area contributed by atoms with Gasteiger partial charge in [0.1, 0.15) is 0 Å². The molecule has 0 bridgehead atoms. The third-order valence-electron chi connectivity index (χ3n) is 4.66. The molecule has 2 unspecified atom stereocenters. The molecule has 2 aromatic rings. The number of nitrogens with one attached hydrogen (secondary N) is 1. The Morgan fingerprint density at radius 3 is 2.37 bits per heavy atom. The second-order valence-electron chi connectivity index (χ2n) is 6.54. The normalized spacial score (nSPS) is 17.4. The molecule has 1 aliphatic heterocycles. The molecule has 1 aliphatic rings. The molecule has 2 atom stereocenters. The lowest BCUT2D eigenvalue weighted by molar-refractivity contribution is -0.145. The lowest BCUT2D eigenvalue weighted by atomic mass is 10.0. The average molecular weight is 366 g/mol. The first-order valence-corrected chi connectivity index (χ1v) is 8.83. The van der Waals surface area contributed by atoms with Crippen molar-refractivity contribution in [2.75, 3.05) is 13.7 Å². The fourth-order valence-corrected chi connectivity index (χ4v) is 3.21. The van der Waals surface area contributed by atoms with Gasteiger partial charge in [0.15, 0.2) is 6.04 Å². The molecule has 0 spiro atoms. The summed E-state index contributed by atoms with van der Waals surface area (Å²) < 4.78 is 4.82. The minimum Gasteiger partial charge on any atom is -0.467 e. The predicted octanol–water partition coefficient (Wildman–Crippen LogP) is 2.07. The van der Waals surface area contributed by atoms with Crippen LogP contribution in [-0.2, 0) is 25.7 Å². The second kappa shape index (κ2) is 8.49. The van der Waals surface area contributed by atoms with E-state index in [4.69, 9.17) is 4.74 Å². The molecule has 0 radical (unpaired) electrons. The molecule has 6 nitrogen and oxygen atoms in total. The van der Waals surface area contributed by atoms with E-state index in [2.05, 4.69) is 5.32 Å². The zero-order valence-electron chi connectivity index (χ0n) is 15.1. The van der Waals surface area contributed by atoms with Gasteiger partial charge in [-0.15, -0.1) is 0 Å². The van der Waals surface area contributed by atoms with E-state index in [1.54, 1.807) is 29.2 Å². The first-order valence-electron chi connectivity index (χ1n) is 8.83. The molecule has 1 fully saturated rings. The topological polar surface area (TPSA) is 75.7 Å². The number of carbonyl (C=O) groups excluding carboxylic acids is 3. The summed E-state index contributed by atoms with van der Waals surface area (Å²) in [6, 6.07) is 17.7. The number of hydrogen-bond donors (Lipinski definition) is 1. The van der Waals surface area contributed by atoms with Gasteiger partial charge >= 0.3 is 5.97 Å². The van der Waals surface area contributed by atoms with Gasteiger partial charge in [-0.2, -0.15) is 0 Å². The van der Waals surface area contributed by atoms with Crippen LogP contribution >= 0.6 is 0 Å². The summed E-state index contributed by atoms with van der Waals surface area (Å²) >= 11 is 0. The maximum absolute atomic E-state index is 12.7. The lowest BCUT2D eigenvalue weighted by Gasteiger charge is -2.20. The van der Waals surface area contributed by atoms with Crippen molar-refractivity contribution < 1.29 is 19.1 Å². The van der Waals surface area contributed by atoms with Crippen LogP contribution in [0.4, 0.5) is 0 Å². The Bertz CT molecular complexity index is 807. The van der Waals surface area contributed by atoms with Gasteiger partial charge in [0.05, 0.1) is 13.0 Å². The van der Waals surface area contributed by atoms with Crippen LogP contribution in [0.15, 0.2) is 60.7 Å². The summed E-state index contributed by atoms with van der Waals surface area (Å²) in [5, 5.41) is 2.74. The molecule has 2 amide bonds. The number of rotatable bonds is 6. The van der Waals surface area contributed by atoms with Crippen LogP contribution in [-0.4, -0.2) is 36.3 Å². The molecular formula is C21H22N2O4. The Morgan fingerprint density at radius 1 is 1.11 bits per heavy atom. The molecule has 140 valence electrons. The summed E-state index contributed by atoms with van der Waals surface area (Å²) in [7, 11) is 1.28. The number of amides is 2. The molecule has 1 saturated heterocycles. The molecule has 1 N–H and O–H groups in total. The van der Waals surface area contributed by atoms with E-state index < -0.39 is 17.9 Å². The van der Waals surface area contributed by atoms with Crippen molar-refractivity contribution in [2.45, 2.75) is 19.0 Å². The summed E-state index contributed by atoms with van der Waals surface area (Å²) in [6.45, 7) is 0.810. The maximum Gasteiger partial charge on any atom is 0.333 e. The Kier molecular flexibility index (Phi) is 5.86. The molecule has 0 aromatic heterocycles. The molecule has 0 saturated carbocycles. The van der Waals surface area contributed by atoms with E-state index in [1.807, 2.05) is 36.4 Å². The molecule has 6 heteroatoms. The lowest BCUT2D eigenvalue weighted by Crippen LogP contribution is -2.39. The third-order valence-corrected chi connectivity index (χ3v) is 4.66. The van der Waals surface area contributed by atoms with E-state index in [1.165, 1.54) is 7.11 Å². The van der Waals surface area contributed by atoms with Crippen molar-refractivity contribution in [3.63, 3.8) is 0 Å². The number of methoxy groups -OCH3 is 1. The van der Waals surface area contributed by atoms with Crippen molar-refractivity contribution in [2.24, 2.45) is 5.92 Å². The van der Waals surface area contributed by atoms with E-state index in [9.17, 15) is 14.4 Å². The first kappa shape index (κ1) is 18.6. The zero-order chi connectivity index (χ0) is 19.2. The van der Waals surface area contributed by atoms with Gasteiger partial charge in [0, 0.05) is 19.5 Å². The molecule has 0 aliphatic carbocycles. The van der Waals surface area contributed by atoms with E-state index in [0.717, 1.165) is 5.56 Å². The summed E-state index contributed by atoms with van der Waals surface area (Å²) in [5.41, 5.74) is 1.66. The average Bonchev–Trinajstić information content (AvgIpc) is 3.07. The number of hydrogen-bond acceptors (Lipinski definition) is 4. The van der Waals surface area contributed by atoms with E-state index in [0.29, 0.717) is 18.7 Å². The van der Waals surface area contributed by atoms with Crippen LogP contribution < -0.4 is 5.32 Å². The first-order chi connectivity index (χ1) is 13.1. The van der Waals surface area contributed by atoms with Gasteiger partial charge < -0.3 is 15.0 Å². The summed E-state index contributed by atoms with van der Waals surface area (Å²) in [4.78, 5) is 38.8. The molecule has 1 heterocycles. The fraction of sp³-hybridized carbons (Fsp3) is 0.286. The smallest absolute Gasteiger partial charge is 0.333 e. The highest BCUT2D eigenvalue weighted by Crippen LogP contribution is 2.22. The number of carbonyl (C=O) groups is 3. The van der Waals surface area contributed by atoms with Crippen molar-refractivity contribution in [1.29, 1.82) is 0 Å². The van der Waals surface area contributed by atoms with Crippen molar-refractivity contribution >= 4 is 17.8 Å². The number of esters is 1. The van der Waals surface area contributed by atoms with Crippen LogP contribution in [0.1, 0.15) is 23.6 Å². The third kappa shape index (κ3) is 4.53. The van der Waals surface area contributed by atoms with Gasteiger partial charge in [0.2, 0.25) is 11.8 Å². The highest BCUT2D eigenvalue weighted by atomic mass is 16.5. The highest BCUT2D eigenvalue weighted by molar-refractivity contribution is 5.92. The van der Waals surface area contributed by atoms with Crippen LogP contribution in [0.25, 0.3) is 0 Å². The Morgan fingerprint density at radius 2 is 1.74 bits per heavy atom. The quantitative estimate of drug-likeness (QED) is 0.794. The number of ether oxygens (including phenoxy) is 1. The Labute approximate surface area is 158 Å². The van der Waals surface area contributed by atoms with Crippen molar-refractivity contribution in [3.8, 4) is 0 Å². The van der Waals surface area contributed by atoms with Gasteiger partial charge in [-0.3, -0.25) is 9.59 Å². The van der Waals surface area contributed by atoms with Crippen LogP contribution in [0, 0.1) is 5.92 Å². The van der Waals surface area contributed by atoms with Gasteiger partial charge in [-0.25, -0.2) is 4.79 Å². The standard InChI is InChI=1S/C21H22N2O4/c1-27-21(26)19(16-10-6-3-7-11-16)22-20(25)17-12-18(24)23(14-17)13-15-8-4-2-5-9-15/h2-11,17,19H,12-14H2,1H3,(H,22,25). The molecule has 3 rings (SSSR count). The highest BCUT2D eigenvalue weighted by Gasteiger charge is 2.36. The fourth-order valence-electron chi connectivity index (χ4n) is 3.21. The van der Waals surface area contributed by atoms with Gasteiger partial charge in [-0.05, 0) is 11.1 Å². The minimum atomic E-state index is -0.887. The Hall–Kier alpha value is -3.15. The zero-order valence-corrected chi connectivity index (χ0v) is 15.1. The number of nitrogens with zero attached hydrogens (tertiary/aromatic N) is 1. The minimum absolute atomic E-state index is 0.0617. The molecular weight excluding hydrogens is 344 g/mol. The molecule has 2 aromatic carbocycles. The van der Waals surface area contributed by atoms with Crippen LogP contribution in [0.2, 0.25) is 0 Å². The Balaban J connectivity index is 1.66. The maximum atomic E-state index is 12.7. The van der Waals surface area contributed by atoms with Crippen molar-refractivity contribution in [1.82, 2.24) is 10.2 Å².